The van der Waals surface area contributed by atoms with Gasteiger partial charge in [0.1, 0.15) is 0 Å². The fraction of sp³-hybridized carbons (Fsp3) is 0.571. The lowest BCUT2D eigenvalue weighted by molar-refractivity contribution is 0.251. The molecule has 17 heavy (non-hydrogen) atoms. The van der Waals surface area contributed by atoms with Crippen LogP contribution in [-0.2, 0) is 6.54 Å². The summed E-state index contributed by atoms with van der Waals surface area (Å²) in [6, 6.07) is 4.67. The van der Waals surface area contributed by atoms with Crippen LogP contribution in [0.5, 0.6) is 5.75 Å². The van der Waals surface area contributed by atoms with E-state index in [1.165, 1.54) is 25.3 Å². The standard InChI is InChI=1S/C14H20FNO/c1-14(8-3-2-4-9-14)16-10-11-6-5-7-12(15)13(11)17/h5-7,16-17H,2-4,8-10H2,1H3. The van der Waals surface area contributed by atoms with E-state index in [1.54, 1.807) is 12.1 Å². The molecule has 1 aliphatic carbocycles. The predicted octanol–water partition coefficient (Wildman–Crippen LogP) is 3.34. The topological polar surface area (TPSA) is 32.3 Å². The van der Waals surface area contributed by atoms with Crippen molar-refractivity contribution < 1.29 is 9.50 Å². The van der Waals surface area contributed by atoms with Crippen LogP contribution in [0.4, 0.5) is 4.39 Å². The first kappa shape index (κ1) is 12.4. The molecule has 0 aliphatic heterocycles. The van der Waals surface area contributed by atoms with Crippen LogP contribution >= 0.6 is 0 Å². The molecular weight excluding hydrogens is 217 g/mol. The molecule has 2 nitrogen and oxygen atoms in total. The number of halogens is 1. The Bertz CT molecular complexity index is 386. The molecule has 94 valence electrons. The van der Waals surface area contributed by atoms with Crippen LogP contribution in [0.15, 0.2) is 18.2 Å². The molecule has 0 amide bonds. The lowest BCUT2D eigenvalue weighted by Crippen LogP contribution is -2.43. The van der Waals surface area contributed by atoms with Crippen molar-refractivity contribution in [1.82, 2.24) is 5.32 Å². The van der Waals surface area contributed by atoms with E-state index < -0.39 is 5.82 Å². The number of phenolic OH excluding ortho intramolecular Hbond substituents is 1. The van der Waals surface area contributed by atoms with Crippen LogP contribution in [0.2, 0.25) is 0 Å². The molecular formula is C14H20FNO. The van der Waals surface area contributed by atoms with E-state index in [0.29, 0.717) is 12.1 Å². The van der Waals surface area contributed by atoms with Crippen molar-refractivity contribution >= 4 is 0 Å². The molecule has 2 N–H and O–H groups in total. The summed E-state index contributed by atoms with van der Waals surface area (Å²) in [6.45, 7) is 2.74. The SMILES string of the molecule is CC1(NCc2cccc(F)c2O)CCCCC1. The van der Waals surface area contributed by atoms with Gasteiger partial charge >= 0.3 is 0 Å². The van der Waals surface area contributed by atoms with Crippen molar-refractivity contribution in [3.63, 3.8) is 0 Å². The summed E-state index contributed by atoms with van der Waals surface area (Å²) in [5.74, 6) is -0.766. The second-order valence-corrected chi connectivity index (χ2v) is 5.22. The summed E-state index contributed by atoms with van der Waals surface area (Å²) in [5, 5.41) is 13.1. The number of benzene rings is 1. The van der Waals surface area contributed by atoms with Crippen LogP contribution < -0.4 is 5.32 Å². The first-order valence-corrected chi connectivity index (χ1v) is 6.32. The molecule has 0 unspecified atom stereocenters. The predicted molar refractivity (Wildman–Crippen MR) is 66.4 cm³/mol. The van der Waals surface area contributed by atoms with Crippen molar-refractivity contribution in [2.24, 2.45) is 0 Å². The minimum Gasteiger partial charge on any atom is -0.505 e. The molecule has 1 fully saturated rings. The third-order valence-electron chi connectivity index (χ3n) is 3.73. The average Bonchev–Trinajstić information content (AvgIpc) is 2.32. The fourth-order valence-corrected chi connectivity index (χ4v) is 2.52. The summed E-state index contributed by atoms with van der Waals surface area (Å²) in [7, 11) is 0. The zero-order chi connectivity index (χ0) is 12.3. The summed E-state index contributed by atoms with van der Waals surface area (Å²) in [4.78, 5) is 0. The van der Waals surface area contributed by atoms with Crippen LogP contribution in [0, 0.1) is 5.82 Å². The smallest absolute Gasteiger partial charge is 0.165 e. The van der Waals surface area contributed by atoms with E-state index in [4.69, 9.17) is 0 Å². The molecule has 0 spiro atoms. The Morgan fingerprint density at radius 2 is 2.00 bits per heavy atom. The molecule has 0 radical (unpaired) electrons. The molecule has 0 heterocycles. The molecule has 3 heteroatoms. The van der Waals surface area contributed by atoms with Crippen molar-refractivity contribution in [2.45, 2.75) is 51.1 Å². The summed E-state index contributed by atoms with van der Waals surface area (Å²) < 4.78 is 13.2. The number of nitrogens with one attached hydrogen (secondary N) is 1. The van der Waals surface area contributed by atoms with Gasteiger partial charge in [0, 0.05) is 17.6 Å². The third kappa shape index (κ3) is 2.97. The molecule has 1 aromatic carbocycles. The zero-order valence-electron chi connectivity index (χ0n) is 10.3. The Kier molecular flexibility index (Phi) is 3.67. The number of rotatable bonds is 3. The first-order valence-electron chi connectivity index (χ1n) is 6.32. The zero-order valence-corrected chi connectivity index (χ0v) is 10.3. The van der Waals surface area contributed by atoms with Gasteiger partial charge in [0.2, 0.25) is 0 Å². The molecule has 1 saturated carbocycles. The highest BCUT2D eigenvalue weighted by Crippen LogP contribution is 2.29. The second-order valence-electron chi connectivity index (χ2n) is 5.22. The lowest BCUT2D eigenvalue weighted by Gasteiger charge is -2.35. The van der Waals surface area contributed by atoms with E-state index in [2.05, 4.69) is 12.2 Å². The van der Waals surface area contributed by atoms with E-state index in [0.717, 1.165) is 12.8 Å². The van der Waals surface area contributed by atoms with E-state index in [1.807, 2.05) is 0 Å². The monoisotopic (exact) mass is 237 g/mol. The average molecular weight is 237 g/mol. The molecule has 0 bridgehead atoms. The van der Waals surface area contributed by atoms with E-state index >= 15 is 0 Å². The lowest BCUT2D eigenvalue weighted by atomic mass is 9.83. The second kappa shape index (κ2) is 5.05. The fourth-order valence-electron chi connectivity index (χ4n) is 2.52. The Labute approximate surface area is 102 Å². The van der Waals surface area contributed by atoms with Gasteiger partial charge in [-0.05, 0) is 25.8 Å². The Morgan fingerprint density at radius 1 is 1.29 bits per heavy atom. The maximum Gasteiger partial charge on any atom is 0.165 e. The van der Waals surface area contributed by atoms with Gasteiger partial charge in [0.25, 0.3) is 0 Å². The number of phenols is 1. The van der Waals surface area contributed by atoms with Gasteiger partial charge in [-0.2, -0.15) is 0 Å². The molecule has 1 aromatic rings. The highest BCUT2D eigenvalue weighted by Gasteiger charge is 2.26. The van der Waals surface area contributed by atoms with Crippen LogP contribution in [0.1, 0.15) is 44.6 Å². The Morgan fingerprint density at radius 3 is 2.71 bits per heavy atom. The van der Waals surface area contributed by atoms with E-state index in [-0.39, 0.29) is 11.3 Å². The molecule has 2 rings (SSSR count). The van der Waals surface area contributed by atoms with Gasteiger partial charge in [-0.1, -0.05) is 31.4 Å². The van der Waals surface area contributed by atoms with Crippen molar-refractivity contribution in [3.05, 3.63) is 29.6 Å². The highest BCUT2D eigenvalue weighted by atomic mass is 19.1. The normalized spacial score (nSPS) is 19.2. The minimum absolute atomic E-state index is 0.136. The minimum atomic E-state index is -0.543. The van der Waals surface area contributed by atoms with Crippen LogP contribution in [-0.4, -0.2) is 10.6 Å². The summed E-state index contributed by atoms with van der Waals surface area (Å²) >= 11 is 0. The van der Waals surface area contributed by atoms with Crippen molar-refractivity contribution in [1.29, 1.82) is 0 Å². The molecule has 0 atom stereocenters. The van der Waals surface area contributed by atoms with E-state index in [9.17, 15) is 9.50 Å². The maximum absolute atomic E-state index is 13.2. The molecule has 0 saturated heterocycles. The van der Waals surface area contributed by atoms with Gasteiger partial charge in [-0.3, -0.25) is 0 Å². The summed E-state index contributed by atoms with van der Waals surface area (Å²) in [5.41, 5.74) is 0.772. The number of hydrogen-bond donors (Lipinski definition) is 2. The van der Waals surface area contributed by atoms with Crippen LogP contribution in [0.25, 0.3) is 0 Å². The molecule has 1 aliphatic rings. The van der Waals surface area contributed by atoms with Gasteiger partial charge in [0.15, 0.2) is 11.6 Å². The summed E-state index contributed by atoms with van der Waals surface area (Å²) in [6.07, 6.45) is 6.12. The Hall–Kier alpha value is -1.09. The number of para-hydroxylation sites is 1. The van der Waals surface area contributed by atoms with Crippen LogP contribution in [0.3, 0.4) is 0 Å². The third-order valence-corrected chi connectivity index (χ3v) is 3.73. The van der Waals surface area contributed by atoms with Gasteiger partial charge < -0.3 is 10.4 Å². The highest BCUT2D eigenvalue weighted by molar-refractivity contribution is 5.33. The van der Waals surface area contributed by atoms with Crippen molar-refractivity contribution in [2.75, 3.05) is 0 Å². The number of hydrogen-bond acceptors (Lipinski definition) is 2. The van der Waals surface area contributed by atoms with Gasteiger partial charge in [0.05, 0.1) is 0 Å². The van der Waals surface area contributed by atoms with Crippen molar-refractivity contribution in [3.8, 4) is 5.75 Å². The number of aromatic hydroxyl groups is 1. The van der Waals surface area contributed by atoms with Gasteiger partial charge in [-0.15, -0.1) is 0 Å². The molecule has 0 aromatic heterocycles. The van der Waals surface area contributed by atoms with Gasteiger partial charge in [-0.25, -0.2) is 4.39 Å². The largest absolute Gasteiger partial charge is 0.505 e. The quantitative estimate of drug-likeness (QED) is 0.845. The first-order chi connectivity index (χ1) is 8.11. The Balaban J connectivity index is 1.99. The maximum atomic E-state index is 13.2.